The lowest BCUT2D eigenvalue weighted by Gasteiger charge is -2.29. The van der Waals surface area contributed by atoms with Crippen LogP contribution in [-0.2, 0) is 21.3 Å². The van der Waals surface area contributed by atoms with Crippen molar-refractivity contribution >= 4 is 15.9 Å². The van der Waals surface area contributed by atoms with E-state index in [0.29, 0.717) is 0 Å². The molecule has 21 heavy (non-hydrogen) atoms. The van der Waals surface area contributed by atoms with Crippen molar-refractivity contribution in [2.24, 2.45) is 17.4 Å². The quantitative estimate of drug-likeness (QED) is 0.607. The van der Waals surface area contributed by atoms with Crippen molar-refractivity contribution < 1.29 is 19.2 Å². The van der Waals surface area contributed by atoms with Crippen molar-refractivity contribution in [1.82, 2.24) is 0 Å². The molecule has 1 aromatic rings. The first kappa shape index (κ1) is 16.1. The molecule has 0 aliphatic rings. The van der Waals surface area contributed by atoms with Crippen LogP contribution in [-0.4, -0.2) is 29.7 Å². The second kappa shape index (κ2) is 6.65. The zero-order valence-electron chi connectivity index (χ0n) is 13.1. The molecule has 0 spiro atoms. The molecule has 1 aromatic carbocycles. The number of nitrogens with two attached hydrogens (primary N) is 2. The van der Waals surface area contributed by atoms with Gasteiger partial charge in [0.25, 0.3) is 10.1 Å². The molecule has 1 rings (SSSR count). The average Bonchev–Trinajstić information content (AvgIpc) is 2.43. The van der Waals surface area contributed by atoms with Crippen LogP contribution >= 0.6 is 0 Å². The number of rotatable bonds is 8. The summed E-state index contributed by atoms with van der Waals surface area (Å²) >= 11 is 0. The maximum absolute atomic E-state index is 12.5. The minimum absolute atomic E-state index is 0.107. The summed E-state index contributed by atoms with van der Waals surface area (Å²) in [7, 11) is -4.80. The summed E-state index contributed by atoms with van der Waals surface area (Å²) in [5, 5.41) is 0. The topological polar surface area (TPSA) is 123 Å². The minimum atomic E-state index is -4.80. The van der Waals surface area contributed by atoms with Crippen LogP contribution in [0.2, 0.25) is 1.41 Å². The molecule has 5 N–H and O–H groups in total. The SMILES string of the molecule is [2H]N[C@@H](Cc1ccccc1)C(=O)C(N)(CC(C)C)S(=O)(=O)O. The molecule has 0 aliphatic heterocycles. The number of carbonyl (C=O) groups is 1. The summed E-state index contributed by atoms with van der Waals surface area (Å²) < 4.78 is 40.0. The van der Waals surface area contributed by atoms with Gasteiger partial charge >= 0.3 is 0 Å². The molecule has 0 aromatic heterocycles. The molecule has 0 saturated carbocycles. The monoisotopic (exact) mass is 315 g/mol. The molecule has 118 valence electrons. The number of benzene rings is 1. The zero-order chi connectivity index (χ0) is 17.0. The highest BCUT2D eigenvalue weighted by atomic mass is 32.2. The fourth-order valence-corrected chi connectivity index (χ4v) is 3.12. The Morgan fingerprint density at radius 1 is 1.38 bits per heavy atom. The van der Waals surface area contributed by atoms with Crippen molar-refractivity contribution in [3.05, 3.63) is 35.9 Å². The summed E-state index contributed by atoms with van der Waals surface area (Å²) in [6, 6.07) is 7.73. The molecule has 0 fully saturated rings. The van der Waals surface area contributed by atoms with Crippen LogP contribution in [0.5, 0.6) is 0 Å². The van der Waals surface area contributed by atoms with E-state index in [1.54, 1.807) is 44.2 Å². The summed E-state index contributed by atoms with van der Waals surface area (Å²) in [5.74, 6) is -1.14. The van der Waals surface area contributed by atoms with Gasteiger partial charge < -0.3 is 11.5 Å². The van der Waals surface area contributed by atoms with Gasteiger partial charge in [0.15, 0.2) is 5.78 Å². The van der Waals surface area contributed by atoms with Crippen molar-refractivity contribution in [2.45, 2.75) is 37.6 Å². The van der Waals surface area contributed by atoms with Crippen molar-refractivity contribution in [3.63, 3.8) is 0 Å². The average molecular weight is 315 g/mol. The van der Waals surface area contributed by atoms with E-state index < -0.39 is 26.8 Å². The lowest BCUT2D eigenvalue weighted by Crippen LogP contribution is -2.60. The van der Waals surface area contributed by atoms with E-state index in [4.69, 9.17) is 7.15 Å². The third-order valence-corrected chi connectivity index (χ3v) is 4.48. The molecule has 2 atom stereocenters. The van der Waals surface area contributed by atoms with Gasteiger partial charge in [-0.3, -0.25) is 9.35 Å². The van der Waals surface area contributed by atoms with E-state index >= 15 is 0 Å². The first-order valence-corrected chi connectivity index (χ1v) is 8.07. The molecule has 0 heterocycles. The molecule has 0 amide bonds. The summed E-state index contributed by atoms with van der Waals surface area (Å²) in [6.07, 6.45) is -0.118. The van der Waals surface area contributed by atoms with E-state index in [1.165, 1.54) is 0 Å². The Morgan fingerprint density at radius 2 is 1.95 bits per heavy atom. The molecule has 0 aliphatic carbocycles. The Kier molecular flexibility index (Phi) is 5.10. The lowest BCUT2D eigenvalue weighted by atomic mass is 9.93. The smallest absolute Gasteiger partial charge is 0.291 e. The Labute approximate surface area is 126 Å². The minimum Gasteiger partial charge on any atom is -0.321 e. The van der Waals surface area contributed by atoms with Gasteiger partial charge in [0.1, 0.15) is 1.41 Å². The summed E-state index contributed by atoms with van der Waals surface area (Å²) in [5.41, 5.74) is 8.54. The van der Waals surface area contributed by atoms with E-state index in [0.717, 1.165) is 5.56 Å². The molecular formula is C14H22N2O4S. The van der Waals surface area contributed by atoms with Crippen LogP contribution in [0.25, 0.3) is 0 Å². The van der Waals surface area contributed by atoms with Crippen LogP contribution in [0.15, 0.2) is 30.3 Å². The molecule has 0 radical (unpaired) electrons. The van der Waals surface area contributed by atoms with Gasteiger partial charge in [-0.05, 0) is 24.3 Å². The lowest BCUT2D eigenvalue weighted by molar-refractivity contribution is -0.123. The fraction of sp³-hybridized carbons (Fsp3) is 0.500. The van der Waals surface area contributed by atoms with Crippen LogP contribution < -0.4 is 11.5 Å². The van der Waals surface area contributed by atoms with Crippen molar-refractivity contribution in [2.75, 3.05) is 0 Å². The van der Waals surface area contributed by atoms with Gasteiger partial charge in [-0.25, -0.2) is 0 Å². The number of hydrogen-bond acceptors (Lipinski definition) is 5. The maximum atomic E-state index is 12.5. The van der Waals surface area contributed by atoms with E-state index in [2.05, 4.69) is 0 Å². The maximum Gasteiger partial charge on any atom is 0.291 e. The number of carbonyl (C=O) groups excluding carboxylic acids is 1. The number of Topliss-reactive ketones (excluding diaryl/α,β-unsaturated/α-hetero) is 1. The van der Waals surface area contributed by atoms with Gasteiger partial charge in [-0.2, -0.15) is 8.42 Å². The predicted octanol–water partition coefficient (Wildman–Crippen LogP) is 0.714. The molecular weight excluding hydrogens is 292 g/mol. The van der Waals surface area contributed by atoms with Crippen LogP contribution in [0, 0.1) is 5.92 Å². The van der Waals surface area contributed by atoms with Gasteiger partial charge in [0.2, 0.25) is 4.87 Å². The third-order valence-electron chi connectivity index (χ3n) is 3.19. The van der Waals surface area contributed by atoms with Crippen LogP contribution in [0.3, 0.4) is 0 Å². The van der Waals surface area contributed by atoms with Crippen LogP contribution in [0.4, 0.5) is 0 Å². The van der Waals surface area contributed by atoms with Gasteiger partial charge in [-0.15, -0.1) is 0 Å². The Morgan fingerprint density at radius 3 is 2.38 bits per heavy atom. The molecule has 0 saturated heterocycles. The molecule has 6 nitrogen and oxygen atoms in total. The number of ketones is 1. The molecule has 7 heteroatoms. The largest absolute Gasteiger partial charge is 0.321 e. The van der Waals surface area contributed by atoms with Gasteiger partial charge in [0.05, 0.1) is 6.04 Å². The van der Waals surface area contributed by atoms with E-state index in [9.17, 15) is 17.8 Å². The zero-order valence-corrected chi connectivity index (χ0v) is 12.9. The van der Waals surface area contributed by atoms with Crippen molar-refractivity contribution in [3.8, 4) is 0 Å². The standard InChI is InChI=1S/C14H22N2O4S/c1-10(2)9-14(16,21(18,19)20)13(17)12(15)8-11-6-4-3-5-7-11/h3-7,10,12H,8-9,15-16H2,1-2H3,(H,18,19,20)/t12-,14?/m0/s1/i/hD. The first-order chi connectivity index (χ1) is 10.1. The Balaban J connectivity index is 3.10. The normalized spacial score (nSPS) is 17.1. The van der Waals surface area contributed by atoms with Gasteiger partial charge in [-0.1, -0.05) is 44.2 Å². The van der Waals surface area contributed by atoms with Gasteiger partial charge in [0, 0.05) is 0 Å². The highest BCUT2D eigenvalue weighted by Crippen LogP contribution is 2.23. The van der Waals surface area contributed by atoms with Crippen LogP contribution in [0.1, 0.15) is 25.8 Å². The summed E-state index contributed by atoms with van der Waals surface area (Å²) in [4.78, 5) is 10.1. The summed E-state index contributed by atoms with van der Waals surface area (Å²) in [6.45, 7) is 3.39. The third kappa shape index (κ3) is 4.34. The predicted molar refractivity (Wildman–Crippen MR) is 81.1 cm³/mol. The highest BCUT2D eigenvalue weighted by Gasteiger charge is 2.48. The molecule has 0 bridgehead atoms. The van der Waals surface area contributed by atoms with E-state index in [-0.39, 0.29) is 18.8 Å². The van der Waals surface area contributed by atoms with Crippen molar-refractivity contribution in [1.29, 1.82) is 0 Å². The Hall–Kier alpha value is -1.28. The van der Waals surface area contributed by atoms with E-state index in [1.807, 2.05) is 5.73 Å². The molecule has 1 unspecified atom stereocenters. The second-order valence-electron chi connectivity index (χ2n) is 5.57. The fourth-order valence-electron chi connectivity index (χ4n) is 2.18. The first-order valence-electron chi connectivity index (χ1n) is 7.13. The second-order valence-corrected chi connectivity index (χ2v) is 7.25. The highest BCUT2D eigenvalue weighted by molar-refractivity contribution is 7.88. The number of hydrogen-bond donors (Lipinski definition) is 3. The Bertz CT molecular complexity index is 607.